The number of sulfonamides is 2. The smallest absolute Gasteiger partial charge is 0.263 e. The highest BCUT2D eigenvalue weighted by Crippen LogP contribution is 2.34. The molecule has 5 rings (SSSR count). The maximum Gasteiger partial charge on any atom is 0.263 e. The molecule has 2 N–H and O–H groups in total. The Morgan fingerprint density at radius 1 is 1.19 bits per heavy atom. The van der Waals surface area contributed by atoms with Crippen LogP contribution in [0, 0.1) is 0 Å². The highest BCUT2D eigenvalue weighted by molar-refractivity contribution is 7.91. The molecule has 0 radical (unpaired) electrons. The lowest BCUT2D eigenvalue weighted by Gasteiger charge is -2.39. The third-order valence-corrected chi connectivity index (χ3v) is 13.4. The quantitative estimate of drug-likeness (QED) is 0.206. The standard InChI is InChI=1S/C26H32ClN5O7S4/c27-19-6-4-18(5-7-19)22-8-9-25(41-22)43(36,37)32-13-12-31(42(34,35)17-20(40)15-23-28-10-11-29-23)16-21(32)26(33)30-39-24-3-1-2-14-38-24/h4-11,20-21,24,40H,1-3,12-17H2,(H,28,29)(H,30,33)/t20?,21-,24?/m1/s1. The molecule has 234 valence electrons. The summed E-state index contributed by atoms with van der Waals surface area (Å²) in [6.07, 6.45) is 5.12. The minimum Gasteiger partial charge on any atom is -0.350 e. The van der Waals surface area contributed by atoms with Crippen LogP contribution >= 0.6 is 35.6 Å². The lowest BCUT2D eigenvalue weighted by Crippen LogP contribution is -2.61. The van der Waals surface area contributed by atoms with Crippen molar-refractivity contribution < 1.29 is 31.2 Å². The van der Waals surface area contributed by atoms with Crippen LogP contribution in [0.4, 0.5) is 0 Å². The Bertz CT molecular complexity index is 1590. The summed E-state index contributed by atoms with van der Waals surface area (Å²) < 4.78 is 62.3. The highest BCUT2D eigenvalue weighted by Gasteiger charge is 2.44. The summed E-state index contributed by atoms with van der Waals surface area (Å²) in [6.45, 7) is -0.273. The molecule has 0 saturated carbocycles. The predicted molar refractivity (Wildman–Crippen MR) is 166 cm³/mol. The zero-order valence-electron chi connectivity index (χ0n) is 23.0. The molecule has 43 heavy (non-hydrogen) atoms. The number of nitrogens with zero attached hydrogens (tertiary/aromatic N) is 3. The predicted octanol–water partition coefficient (Wildman–Crippen LogP) is 2.91. The van der Waals surface area contributed by atoms with E-state index in [0.717, 1.165) is 38.4 Å². The Kier molecular flexibility index (Phi) is 10.5. The number of piperazine rings is 1. The van der Waals surface area contributed by atoms with E-state index in [4.69, 9.17) is 21.2 Å². The number of halogens is 1. The van der Waals surface area contributed by atoms with Crippen molar-refractivity contribution in [1.82, 2.24) is 24.1 Å². The highest BCUT2D eigenvalue weighted by atomic mass is 35.5. The van der Waals surface area contributed by atoms with Crippen molar-refractivity contribution in [2.45, 2.75) is 47.5 Å². The Morgan fingerprint density at radius 3 is 2.67 bits per heavy atom. The van der Waals surface area contributed by atoms with Crippen molar-refractivity contribution in [3.8, 4) is 10.4 Å². The van der Waals surface area contributed by atoms with Gasteiger partial charge in [-0.25, -0.2) is 32.1 Å². The minimum absolute atomic E-state index is 0.0250. The van der Waals surface area contributed by atoms with E-state index in [9.17, 15) is 21.6 Å². The number of thiophene rings is 1. The Balaban J connectivity index is 1.35. The number of hydroxylamine groups is 1. The van der Waals surface area contributed by atoms with E-state index in [2.05, 4.69) is 28.1 Å². The number of hydrogen-bond donors (Lipinski definition) is 3. The SMILES string of the molecule is O=C(NOC1CCCCO1)[C@H]1CN(S(=O)(=O)CC(S)Cc2ncc[nH]2)CCN1S(=O)(=O)c1ccc(-c2ccc(Cl)cc2)s1. The first kappa shape index (κ1) is 32.4. The van der Waals surface area contributed by atoms with Crippen molar-refractivity contribution in [2.75, 3.05) is 32.0 Å². The molecule has 2 fully saturated rings. The topological polar surface area (TPSA) is 151 Å². The van der Waals surface area contributed by atoms with Gasteiger partial charge in [0.25, 0.3) is 15.9 Å². The Morgan fingerprint density at radius 2 is 1.98 bits per heavy atom. The van der Waals surface area contributed by atoms with E-state index < -0.39 is 43.5 Å². The summed E-state index contributed by atoms with van der Waals surface area (Å²) in [5.74, 6) is -0.510. The molecule has 2 saturated heterocycles. The summed E-state index contributed by atoms with van der Waals surface area (Å²) in [5.41, 5.74) is 3.12. The average Bonchev–Trinajstić information content (AvgIpc) is 3.69. The van der Waals surface area contributed by atoms with Gasteiger partial charge in [-0.05, 0) is 42.7 Å². The lowest BCUT2D eigenvalue weighted by atomic mass is 10.2. The van der Waals surface area contributed by atoms with Crippen LogP contribution in [0.1, 0.15) is 25.1 Å². The number of benzene rings is 1. The molecule has 4 heterocycles. The van der Waals surface area contributed by atoms with Crippen LogP contribution in [0.25, 0.3) is 10.4 Å². The van der Waals surface area contributed by atoms with Gasteiger partial charge in [0.15, 0.2) is 6.29 Å². The van der Waals surface area contributed by atoms with Crippen molar-refractivity contribution in [3.63, 3.8) is 0 Å². The number of nitrogens with one attached hydrogen (secondary N) is 2. The maximum atomic E-state index is 13.9. The Labute approximate surface area is 265 Å². The molecule has 3 aromatic rings. The minimum atomic E-state index is -4.19. The monoisotopic (exact) mass is 689 g/mol. The van der Waals surface area contributed by atoms with Gasteiger partial charge in [-0.1, -0.05) is 23.7 Å². The molecule has 0 aliphatic carbocycles. The normalized spacial score (nSPS) is 21.4. The van der Waals surface area contributed by atoms with Crippen LogP contribution < -0.4 is 5.48 Å². The molecule has 12 nitrogen and oxygen atoms in total. The molecule has 17 heteroatoms. The molecule has 0 bridgehead atoms. The van der Waals surface area contributed by atoms with E-state index in [1.165, 1.54) is 6.07 Å². The molecular formula is C26H32ClN5O7S4. The fourth-order valence-corrected chi connectivity index (χ4v) is 10.3. The van der Waals surface area contributed by atoms with Gasteiger partial charge in [0.2, 0.25) is 10.0 Å². The number of amides is 1. The number of aromatic amines is 1. The van der Waals surface area contributed by atoms with Gasteiger partial charge in [0, 0.05) is 66.6 Å². The van der Waals surface area contributed by atoms with Crippen LogP contribution in [0.15, 0.2) is 53.0 Å². The van der Waals surface area contributed by atoms with Gasteiger partial charge in [-0.2, -0.15) is 21.2 Å². The number of aromatic nitrogens is 2. The fraction of sp³-hybridized carbons (Fsp3) is 0.462. The van der Waals surface area contributed by atoms with Crippen molar-refractivity contribution >= 4 is 61.5 Å². The first-order valence-corrected chi connectivity index (χ1v) is 18.4. The number of rotatable bonds is 11. The lowest BCUT2D eigenvalue weighted by molar-refractivity contribution is -0.202. The summed E-state index contributed by atoms with van der Waals surface area (Å²) in [6, 6.07) is 8.78. The molecule has 1 amide bonds. The maximum absolute atomic E-state index is 13.9. The molecular weight excluding hydrogens is 658 g/mol. The van der Waals surface area contributed by atoms with Crippen LogP contribution in [-0.4, -0.2) is 90.9 Å². The number of hydrogen-bond acceptors (Lipinski definition) is 10. The molecule has 2 aliphatic heterocycles. The van der Waals surface area contributed by atoms with Gasteiger partial charge in [-0.3, -0.25) is 4.79 Å². The van der Waals surface area contributed by atoms with E-state index in [1.807, 2.05) is 0 Å². The largest absolute Gasteiger partial charge is 0.350 e. The number of imidazole rings is 1. The second kappa shape index (κ2) is 14.0. The summed E-state index contributed by atoms with van der Waals surface area (Å²) in [5, 5.41) is -0.0183. The van der Waals surface area contributed by atoms with E-state index >= 15 is 0 Å². The molecule has 1 aromatic carbocycles. The van der Waals surface area contributed by atoms with E-state index in [-0.39, 0.29) is 36.0 Å². The van der Waals surface area contributed by atoms with Crippen LogP contribution in [0.3, 0.4) is 0 Å². The first-order valence-electron chi connectivity index (χ1n) is 13.6. The van der Waals surface area contributed by atoms with Gasteiger partial charge in [0.05, 0.1) is 5.75 Å². The number of carbonyl (C=O) groups excluding carboxylic acids is 1. The molecule has 2 unspecified atom stereocenters. The van der Waals surface area contributed by atoms with Gasteiger partial charge >= 0.3 is 0 Å². The Hall–Kier alpha value is -2.02. The van der Waals surface area contributed by atoms with Crippen LogP contribution in [0.2, 0.25) is 5.02 Å². The summed E-state index contributed by atoms with van der Waals surface area (Å²) in [4.78, 5) is 26.6. The summed E-state index contributed by atoms with van der Waals surface area (Å²) in [7, 11) is -8.11. The number of carbonyl (C=O) groups is 1. The second-order valence-electron chi connectivity index (χ2n) is 10.2. The number of thiol groups is 1. The number of H-pyrrole nitrogens is 1. The summed E-state index contributed by atoms with van der Waals surface area (Å²) >= 11 is 11.5. The molecule has 2 aliphatic rings. The zero-order chi connectivity index (χ0) is 30.6. The molecule has 0 spiro atoms. The van der Waals surface area contributed by atoms with Crippen LogP contribution in [-0.2, 0) is 40.8 Å². The van der Waals surface area contributed by atoms with E-state index in [0.29, 0.717) is 28.8 Å². The van der Waals surface area contributed by atoms with E-state index in [1.54, 1.807) is 42.7 Å². The second-order valence-corrected chi connectivity index (χ2v) is 16.5. The average molecular weight is 690 g/mol. The van der Waals surface area contributed by atoms with Crippen molar-refractivity contribution in [2.24, 2.45) is 0 Å². The molecule has 2 aromatic heterocycles. The molecule has 3 atom stereocenters. The third-order valence-electron chi connectivity index (χ3n) is 7.08. The van der Waals surface area contributed by atoms with Crippen molar-refractivity contribution in [1.29, 1.82) is 0 Å². The fourth-order valence-electron chi connectivity index (χ4n) is 4.88. The van der Waals surface area contributed by atoms with Gasteiger partial charge in [-0.15, -0.1) is 11.3 Å². The third kappa shape index (κ3) is 7.99. The van der Waals surface area contributed by atoms with Crippen molar-refractivity contribution in [3.05, 3.63) is 59.6 Å². The zero-order valence-corrected chi connectivity index (χ0v) is 27.1. The van der Waals surface area contributed by atoms with Gasteiger partial charge < -0.3 is 9.72 Å². The number of ether oxygens (including phenoxy) is 1. The van der Waals surface area contributed by atoms with Crippen LogP contribution in [0.5, 0.6) is 0 Å². The first-order chi connectivity index (χ1) is 20.5. The van der Waals surface area contributed by atoms with Gasteiger partial charge in [0.1, 0.15) is 16.1 Å².